The molecule has 0 atom stereocenters. The molecule has 10 heteroatoms. The minimum Gasteiger partial charge on any atom is -0.489 e. The zero-order valence-electron chi connectivity index (χ0n) is 17.6. The van der Waals surface area contributed by atoms with Gasteiger partial charge in [0.15, 0.2) is 0 Å². The van der Waals surface area contributed by atoms with Gasteiger partial charge in [-0.05, 0) is 41.3 Å². The summed E-state index contributed by atoms with van der Waals surface area (Å²) in [5, 5.41) is 13.4. The number of benzene rings is 2. The van der Waals surface area contributed by atoms with E-state index in [0.717, 1.165) is 28.4 Å². The molecular formula is C23H21N3O4S3. The number of sulfonamides is 1. The maximum absolute atomic E-state index is 13.0. The number of nitrogens with zero attached hydrogens (tertiary/aromatic N) is 2. The summed E-state index contributed by atoms with van der Waals surface area (Å²) in [6.07, 6.45) is 0. The molecule has 2 heterocycles. The molecular weight excluding hydrogens is 478 g/mol. The number of thiophene rings is 1. The number of thioether (sulfide) groups is 1. The molecule has 3 aromatic rings. The van der Waals surface area contributed by atoms with E-state index in [-0.39, 0.29) is 16.4 Å². The Kier molecular flexibility index (Phi) is 7.35. The van der Waals surface area contributed by atoms with Gasteiger partial charge in [0.2, 0.25) is 10.0 Å². The van der Waals surface area contributed by atoms with Crippen LogP contribution in [0.25, 0.3) is 0 Å². The first kappa shape index (κ1) is 23.3. The monoisotopic (exact) mass is 499 g/mol. The van der Waals surface area contributed by atoms with E-state index in [1.807, 2.05) is 6.07 Å². The number of ether oxygens (including phenoxy) is 1. The van der Waals surface area contributed by atoms with Crippen LogP contribution in [0.15, 0.2) is 64.9 Å². The number of amides is 1. The molecule has 1 amide bonds. The standard InChI is InChI=1S/C23H21N3O4S3/c24-15-17-3-1-4-18(13-17)16-30-20-6-2-5-19(14-20)25-23(27)22-21(7-10-32-22)33(28,29)26-8-11-31-12-9-26/h1-7,10,13-14H,8-9,11-12,16H2,(H,25,27). The molecule has 1 fully saturated rings. The van der Waals surface area contributed by atoms with Crippen LogP contribution in [0.1, 0.15) is 20.8 Å². The predicted molar refractivity (Wildman–Crippen MR) is 130 cm³/mol. The van der Waals surface area contributed by atoms with E-state index in [0.29, 0.717) is 30.1 Å². The van der Waals surface area contributed by atoms with Crippen LogP contribution >= 0.6 is 23.1 Å². The fourth-order valence-corrected chi connectivity index (χ4v) is 7.21. The topological polar surface area (TPSA) is 99.5 Å². The van der Waals surface area contributed by atoms with Crippen molar-refractivity contribution in [3.05, 3.63) is 76.0 Å². The lowest BCUT2D eigenvalue weighted by molar-refractivity contribution is 0.102. The molecule has 0 spiro atoms. The number of carbonyl (C=O) groups excluding carboxylic acids is 1. The largest absolute Gasteiger partial charge is 0.489 e. The fraction of sp³-hybridized carbons (Fsp3) is 0.217. The smallest absolute Gasteiger partial charge is 0.267 e. The first-order valence-corrected chi connectivity index (χ1v) is 13.6. The van der Waals surface area contributed by atoms with Crippen LogP contribution in [-0.2, 0) is 16.6 Å². The Morgan fingerprint density at radius 3 is 2.70 bits per heavy atom. The van der Waals surface area contributed by atoms with Gasteiger partial charge in [0.05, 0.1) is 11.6 Å². The number of carbonyl (C=O) groups is 1. The van der Waals surface area contributed by atoms with Gasteiger partial charge in [-0.3, -0.25) is 4.79 Å². The van der Waals surface area contributed by atoms with Gasteiger partial charge >= 0.3 is 0 Å². The van der Waals surface area contributed by atoms with Crippen molar-refractivity contribution in [3.63, 3.8) is 0 Å². The lowest BCUT2D eigenvalue weighted by Gasteiger charge is -2.25. The van der Waals surface area contributed by atoms with Gasteiger partial charge in [0.1, 0.15) is 22.1 Å². The molecule has 170 valence electrons. The second-order valence-electron chi connectivity index (χ2n) is 7.21. The van der Waals surface area contributed by atoms with Crippen molar-refractivity contribution in [3.8, 4) is 11.8 Å². The molecule has 0 bridgehead atoms. The molecule has 1 aromatic heterocycles. The van der Waals surface area contributed by atoms with Crippen LogP contribution in [0.5, 0.6) is 5.75 Å². The first-order valence-electron chi connectivity index (χ1n) is 10.2. The van der Waals surface area contributed by atoms with Gasteiger partial charge in [0.25, 0.3) is 5.91 Å². The van der Waals surface area contributed by atoms with Crippen molar-refractivity contribution in [1.82, 2.24) is 4.31 Å². The number of rotatable bonds is 7. The molecule has 1 N–H and O–H groups in total. The maximum atomic E-state index is 13.0. The third kappa shape index (κ3) is 5.57. The Bertz CT molecular complexity index is 1290. The van der Waals surface area contributed by atoms with Gasteiger partial charge in [-0.15, -0.1) is 11.3 Å². The highest BCUT2D eigenvalue weighted by Crippen LogP contribution is 2.28. The third-order valence-corrected chi connectivity index (χ3v) is 8.90. The van der Waals surface area contributed by atoms with Gasteiger partial charge in [0, 0.05) is 36.3 Å². The van der Waals surface area contributed by atoms with Crippen molar-refractivity contribution >= 4 is 44.7 Å². The summed E-state index contributed by atoms with van der Waals surface area (Å²) >= 11 is 2.82. The van der Waals surface area contributed by atoms with E-state index in [1.165, 1.54) is 10.4 Å². The highest BCUT2D eigenvalue weighted by Gasteiger charge is 2.31. The molecule has 1 aliphatic heterocycles. The zero-order chi connectivity index (χ0) is 23.3. The van der Waals surface area contributed by atoms with Crippen LogP contribution in [0, 0.1) is 11.3 Å². The average Bonchev–Trinajstić information content (AvgIpc) is 3.35. The fourth-order valence-electron chi connectivity index (χ4n) is 3.34. The summed E-state index contributed by atoms with van der Waals surface area (Å²) in [6.45, 7) is 1.16. The molecule has 0 radical (unpaired) electrons. The molecule has 2 aromatic carbocycles. The minimum atomic E-state index is -3.72. The summed E-state index contributed by atoms with van der Waals surface area (Å²) in [7, 11) is -3.72. The predicted octanol–water partition coefficient (Wildman–Crippen LogP) is 4.19. The second kappa shape index (κ2) is 10.4. The van der Waals surface area contributed by atoms with E-state index in [1.54, 1.807) is 59.6 Å². The lowest BCUT2D eigenvalue weighted by Crippen LogP contribution is -2.38. The number of nitrogens with one attached hydrogen (secondary N) is 1. The Morgan fingerprint density at radius 1 is 1.12 bits per heavy atom. The number of hydrogen-bond acceptors (Lipinski definition) is 7. The summed E-state index contributed by atoms with van der Waals surface area (Å²) in [5.74, 6) is 1.56. The Balaban J connectivity index is 1.45. The summed E-state index contributed by atoms with van der Waals surface area (Å²) in [5.41, 5.74) is 1.91. The Hall–Kier alpha value is -2.84. The number of anilines is 1. The van der Waals surface area contributed by atoms with E-state index in [4.69, 9.17) is 10.00 Å². The maximum Gasteiger partial charge on any atom is 0.267 e. The molecule has 1 aliphatic rings. The zero-order valence-corrected chi connectivity index (χ0v) is 20.0. The van der Waals surface area contributed by atoms with E-state index >= 15 is 0 Å². The van der Waals surface area contributed by atoms with Crippen molar-refractivity contribution in [2.75, 3.05) is 29.9 Å². The van der Waals surface area contributed by atoms with Crippen LogP contribution in [-0.4, -0.2) is 43.2 Å². The SMILES string of the molecule is N#Cc1cccc(COc2cccc(NC(=O)c3sccc3S(=O)(=O)N3CCSCC3)c2)c1. The first-order chi connectivity index (χ1) is 16.0. The average molecular weight is 500 g/mol. The lowest BCUT2D eigenvalue weighted by atomic mass is 10.1. The molecule has 7 nitrogen and oxygen atoms in total. The Labute approximate surface area is 201 Å². The Morgan fingerprint density at radius 2 is 1.91 bits per heavy atom. The van der Waals surface area contributed by atoms with Gasteiger partial charge in [-0.2, -0.15) is 21.3 Å². The molecule has 0 saturated carbocycles. The normalized spacial score (nSPS) is 14.4. The number of hydrogen-bond donors (Lipinski definition) is 1. The van der Waals surface area contributed by atoms with Crippen LogP contribution in [0.4, 0.5) is 5.69 Å². The quantitative estimate of drug-likeness (QED) is 0.523. The number of nitriles is 1. The highest BCUT2D eigenvalue weighted by atomic mass is 32.2. The molecule has 4 rings (SSSR count). The van der Waals surface area contributed by atoms with Crippen molar-refractivity contribution in [2.24, 2.45) is 0 Å². The summed E-state index contributed by atoms with van der Waals surface area (Å²) in [4.78, 5) is 13.1. The third-order valence-electron chi connectivity index (χ3n) is 4.98. The highest BCUT2D eigenvalue weighted by molar-refractivity contribution is 7.99. The summed E-state index contributed by atoms with van der Waals surface area (Å²) in [6, 6.07) is 17.6. The van der Waals surface area contributed by atoms with Crippen LogP contribution < -0.4 is 10.1 Å². The molecule has 0 unspecified atom stereocenters. The molecule has 33 heavy (non-hydrogen) atoms. The van der Waals surface area contributed by atoms with Crippen LogP contribution in [0.2, 0.25) is 0 Å². The van der Waals surface area contributed by atoms with Gasteiger partial charge < -0.3 is 10.1 Å². The van der Waals surface area contributed by atoms with E-state index < -0.39 is 15.9 Å². The van der Waals surface area contributed by atoms with Gasteiger partial charge in [-0.1, -0.05) is 18.2 Å². The molecule has 1 saturated heterocycles. The van der Waals surface area contributed by atoms with Crippen molar-refractivity contribution in [1.29, 1.82) is 5.26 Å². The van der Waals surface area contributed by atoms with Gasteiger partial charge in [-0.25, -0.2) is 8.42 Å². The minimum absolute atomic E-state index is 0.0432. The van der Waals surface area contributed by atoms with E-state index in [2.05, 4.69) is 11.4 Å². The second-order valence-corrected chi connectivity index (χ2v) is 11.3. The van der Waals surface area contributed by atoms with Crippen molar-refractivity contribution < 1.29 is 17.9 Å². The van der Waals surface area contributed by atoms with Crippen LogP contribution in [0.3, 0.4) is 0 Å². The summed E-state index contributed by atoms with van der Waals surface area (Å²) < 4.78 is 33.3. The van der Waals surface area contributed by atoms with Crippen molar-refractivity contribution in [2.45, 2.75) is 11.5 Å². The molecule has 0 aliphatic carbocycles. The van der Waals surface area contributed by atoms with E-state index in [9.17, 15) is 13.2 Å².